The Morgan fingerprint density at radius 1 is 0.556 bits per heavy atom. The minimum absolute atomic E-state index is 0.247. The molecule has 318 valence electrons. The van der Waals surface area contributed by atoms with Gasteiger partial charge in [-0.05, 0) is 122 Å². The van der Waals surface area contributed by atoms with Crippen LogP contribution in [-0.2, 0) is 6.18 Å². The van der Waals surface area contributed by atoms with E-state index in [2.05, 4.69) is 51.8 Å². The molecule has 0 saturated heterocycles. The van der Waals surface area contributed by atoms with Crippen molar-refractivity contribution in [1.29, 1.82) is 0 Å². The summed E-state index contributed by atoms with van der Waals surface area (Å²) < 4.78 is 51.0. The Morgan fingerprint density at radius 2 is 0.968 bits per heavy atom. The van der Waals surface area contributed by atoms with Gasteiger partial charge in [0.2, 0.25) is 0 Å². The summed E-state index contributed by atoms with van der Waals surface area (Å²) in [5, 5.41) is 22.5. The highest BCUT2D eigenvalue weighted by molar-refractivity contribution is 7.14. The number of hydrogen-bond donors (Lipinski definition) is 6. The van der Waals surface area contributed by atoms with Crippen molar-refractivity contribution >= 4 is 79.1 Å². The first-order valence-corrected chi connectivity index (χ1v) is 20.7. The second-order valence-corrected chi connectivity index (χ2v) is 15.3. The van der Waals surface area contributed by atoms with Crippen LogP contribution in [0, 0.1) is 19.7 Å². The van der Waals surface area contributed by atoms with Crippen molar-refractivity contribution in [3.8, 4) is 22.5 Å². The van der Waals surface area contributed by atoms with E-state index >= 15 is 0 Å². The summed E-state index contributed by atoms with van der Waals surface area (Å²) in [5.41, 5.74) is 8.16. The first-order chi connectivity index (χ1) is 30.3. The van der Waals surface area contributed by atoms with Gasteiger partial charge in [-0.25, -0.2) is 23.9 Å². The van der Waals surface area contributed by atoms with E-state index in [0.717, 1.165) is 62.3 Å². The first kappa shape index (κ1) is 43.4. The molecule has 0 fully saturated rings. The van der Waals surface area contributed by atoms with Gasteiger partial charge in [0.15, 0.2) is 10.3 Å². The highest BCUT2D eigenvalue weighted by atomic mass is 32.1. The number of benzene rings is 4. The normalized spacial score (nSPS) is 10.8. The van der Waals surface area contributed by atoms with Crippen molar-refractivity contribution < 1.29 is 27.2 Å². The SMILES string of the molecule is Cc1ccc(NC(=O)Nc2ccc(C(F)(F)F)cc2)cc1Nc1nc(-c2cccnc2)cs1.Cc1ccc(NC(=O)Nc2ccc(F)cc2)cc1Nc1nc(-c2cccnc2)cs1. The molecule has 0 radical (unpaired) electrons. The number of carbonyl (C=O) groups is 2. The predicted molar refractivity (Wildman–Crippen MR) is 243 cm³/mol. The lowest BCUT2D eigenvalue weighted by Crippen LogP contribution is -2.19. The van der Waals surface area contributed by atoms with Gasteiger partial charge < -0.3 is 31.9 Å². The van der Waals surface area contributed by atoms with Crippen LogP contribution < -0.4 is 31.9 Å². The number of urea groups is 2. The number of rotatable bonds is 10. The largest absolute Gasteiger partial charge is 0.416 e. The molecular formula is C45H36F4N10O2S2. The van der Waals surface area contributed by atoms with Crippen LogP contribution >= 0.6 is 22.7 Å². The van der Waals surface area contributed by atoms with Crippen LogP contribution in [0.4, 0.5) is 71.5 Å². The molecule has 4 aromatic heterocycles. The smallest absolute Gasteiger partial charge is 0.331 e. The highest BCUT2D eigenvalue weighted by Crippen LogP contribution is 2.32. The molecule has 0 aliphatic heterocycles. The Labute approximate surface area is 366 Å². The number of nitrogens with one attached hydrogen (secondary N) is 6. The van der Waals surface area contributed by atoms with E-state index in [4.69, 9.17) is 0 Å². The molecule has 0 unspecified atom stereocenters. The number of alkyl halides is 3. The zero-order valence-corrected chi connectivity index (χ0v) is 34.9. The molecule has 4 aromatic carbocycles. The minimum atomic E-state index is -4.43. The van der Waals surface area contributed by atoms with Crippen LogP contribution in [0.2, 0.25) is 0 Å². The predicted octanol–water partition coefficient (Wildman–Crippen LogP) is 13.0. The van der Waals surface area contributed by atoms with Crippen molar-refractivity contribution in [2.24, 2.45) is 0 Å². The number of thiazole rings is 2. The highest BCUT2D eigenvalue weighted by Gasteiger charge is 2.30. The number of carbonyl (C=O) groups excluding carboxylic acids is 2. The molecule has 8 aromatic rings. The minimum Gasteiger partial charge on any atom is -0.331 e. The maximum absolute atomic E-state index is 13.0. The molecule has 0 aliphatic carbocycles. The second kappa shape index (κ2) is 19.8. The Hall–Kier alpha value is -7.70. The number of aromatic nitrogens is 4. The molecular weight excluding hydrogens is 853 g/mol. The number of amides is 4. The Bertz CT molecular complexity index is 2810. The van der Waals surface area contributed by atoms with Gasteiger partial charge in [0.1, 0.15) is 5.82 Å². The molecule has 0 aliphatic rings. The molecule has 0 atom stereocenters. The number of anilines is 8. The van der Waals surface area contributed by atoms with Gasteiger partial charge in [-0.15, -0.1) is 22.7 Å². The summed E-state index contributed by atoms with van der Waals surface area (Å²) >= 11 is 2.93. The number of nitrogens with zero attached hydrogens (tertiary/aromatic N) is 4. The zero-order valence-electron chi connectivity index (χ0n) is 33.3. The molecule has 8 rings (SSSR count). The fourth-order valence-corrected chi connectivity index (χ4v) is 7.18. The van der Waals surface area contributed by atoms with Gasteiger partial charge in [0.05, 0.1) is 17.0 Å². The average Bonchev–Trinajstić information content (AvgIpc) is 3.95. The van der Waals surface area contributed by atoms with Gasteiger partial charge in [-0.2, -0.15) is 13.2 Å². The quantitative estimate of drug-likeness (QED) is 0.0741. The maximum atomic E-state index is 13.0. The zero-order chi connectivity index (χ0) is 44.3. The van der Waals surface area contributed by atoms with Crippen molar-refractivity contribution in [3.05, 3.63) is 167 Å². The summed E-state index contributed by atoms with van der Waals surface area (Å²) in [6, 6.07) is 27.3. The fraction of sp³-hybridized carbons (Fsp3) is 0.0667. The third-order valence-electron chi connectivity index (χ3n) is 8.97. The van der Waals surface area contributed by atoms with Crippen molar-refractivity contribution in [2.45, 2.75) is 20.0 Å². The van der Waals surface area contributed by atoms with Gasteiger partial charge in [-0.3, -0.25) is 9.97 Å². The Morgan fingerprint density at radius 3 is 1.38 bits per heavy atom. The van der Waals surface area contributed by atoms with E-state index in [1.54, 1.807) is 36.9 Å². The molecule has 4 amide bonds. The molecule has 12 nitrogen and oxygen atoms in total. The summed E-state index contributed by atoms with van der Waals surface area (Å²) in [4.78, 5) is 41.9. The molecule has 0 bridgehead atoms. The fourth-order valence-electron chi connectivity index (χ4n) is 5.72. The maximum Gasteiger partial charge on any atom is 0.416 e. The van der Waals surface area contributed by atoms with E-state index in [9.17, 15) is 27.2 Å². The van der Waals surface area contributed by atoms with E-state index in [1.165, 1.54) is 59.1 Å². The van der Waals surface area contributed by atoms with Crippen molar-refractivity contribution in [2.75, 3.05) is 31.9 Å². The van der Waals surface area contributed by atoms with Gasteiger partial charge in [0, 0.05) is 80.8 Å². The van der Waals surface area contributed by atoms with Crippen molar-refractivity contribution in [3.63, 3.8) is 0 Å². The van der Waals surface area contributed by atoms with Crippen LogP contribution in [0.3, 0.4) is 0 Å². The Kier molecular flexibility index (Phi) is 13.6. The number of halogens is 4. The third-order valence-corrected chi connectivity index (χ3v) is 10.5. The van der Waals surface area contributed by atoms with Gasteiger partial charge >= 0.3 is 18.2 Å². The van der Waals surface area contributed by atoms with Crippen LogP contribution in [0.1, 0.15) is 16.7 Å². The Balaban J connectivity index is 0.000000190. The summed E-state index contributed by atoms with van der Waals surface area (Å²) in [7, 11) is 0. The summed E-state index contributed by atoms with van der Waals surface area (Å²) in [6.07, 6.45) is 2.51. The molecule has 0 spiro atoms. The summed E-state index contributed by atoms with van der Waals surface area (Å²) in [6.45, 7) is 3.89. The third kappa shape index (κ3) is 12.2. The lowest BCUT2D eigenvalue weighted by molar-refractivity contribution is -0.137. The summed E-state index contributed by atoms with van der Waals surface area (Å²) in [5.74, 6) is -0.357. The monoisotopic (exact) mass is 888 g/mol. The van der Waals surface area contributed by atoms with Gasteiger partial charge in [-0.1, -0.05) is 12.1 Å². The number of hydrogen-bond acceptors (Lipinski definition) is 10. The average molecular weight is 889 g/mol. The van der Waals surface area contributed by atoms with Crippen LogP contribution in [0.25, 0.3) is 22.5 Å². The molecule has 63 heavy (non-hydrogen) atoms. The van der Waals surface area contributed by atoms with Crippen molar-refractivity contribution in [1.82, 2.24) is 19.9 Å². The second-order valence-electron chi connectivity index (χ2n) is 13.6. The lowest BCUT2D eigenvalue weighted by atomic mass is 10.2. The first-order valence-electron chi connectivity index (χ1n) is 18.9. The topological polar surface area (TPSA) is 158 Å². The van der Waals surface area contributed by atoms with E-state index in [1.807, 2.05) is 73.1 Å². The van der Waals surface area contributed by atoms with E-state index < -0.39 is 23.8 Å². The van der Waals surface area contributed by atoms with E-state index in [0.29, 0.717) is 22.2 Å². The molecule has 0 saturated carbocycles. The van der Waals surface area contributed by atoms with Crippen LogP contribution in [0.15, 0.2) is 145 Å². The van der Waals surface area contributed by atoms with Gasteiger partial charge in [0.25, 0.3) is 0 Å². The number of aryl methyl sites for hydroxylation is 2. The number of pyridine rings is 2. The van der Waals surface area contributed by atoms with E-state index in [-0.39, 0.29) is 11.5 Å². The van der Waals surface area contributed by atoms with Crippen LogP contribution in [-0.4, -0.2) is 32.0 Å². The molecule has 4 heterocycles. The van der Waals surface area contributed by atoms with Crippen LogP contribution in [0.5, 0.6) is 0 Å². The lowest BCUT2D eigenvalue weighted by Gasteiger charge is -2.12. The molecule has 18 heteroatoms. The molecule has 6 N–H and O–H groups in total. The standard InChI is InChI=1S/C23H18F3N5OS.C22H18FN5OS/c1-14-4-7-18(29-21(32)28-17-8-5-16(6-9-17)23(24,25)26)11-19(14)30-22-31-20(13-33-22)15-3-2-10-27-12-15;1-14-4-7-18(26-21(29)25-17-8-5-16(23)6-9-17)11-19(14)27-22-28-20(13-30-22)15-3-2-10-24-12-15/h2-13H,1H3,(H,30,31)(H2,28,29,32);2-13H,1H3,(H,27,28)(H2,25,26,29).